The Hall–Kier alpha value is -3.35. The minimum atomic E-state index is -0.915. The predicted molar refractivity (Wildman–Crippen MR) is 112 cm³/mol. The van der Waals surface area contributed by atoms with Gasteiger partial charge in [0.1, 0.15) is 18.7 Å². The van der Waals surface area contributed by atoms with Gasteiger partial charge in [0.05, 0.1) is 7.11 Å². The zero-order chi connectivity index (χ0) is 21.9. The van der Waals surface area contributed by atoms with Gasteiger partial charge in [0.15, 0.2) is 0 Å². The van der Waals surface area contributed by atoms with E-state index in [-0.39, 0.29) is 18.9 Å². The van der Waals surface area contributed by atoms with Crippen molar-refractivity contribution in [1.82, 2.24) is 10.6 Å². The van der Waals surface area contributed by atoms with Crippen LogP contribution in [0.25, 0.3) is 0 Å². The van der Waals surface area contributed by atoms with Crippen LogP contribution >= 0.6 is 0 Å². The SMILES string of the molecule is COC(=O)[C@@H](NC(=O)[C@@H](Cc1ccccc1)NC(=O)OCc1ccccc1)C(C)C. The lowest BCUT2D eigenvalue weighted by atomic mass is 10.0. The number of alkyl carbamates (subject to hydrolysis) is 1. The van der Waals surface area contributed by atoms with Gasteiger partial charge in [0.25, 0.3) is 0 Å². The number of carbonyl (C=O) groups excluding carboxylic acids is 3. The molecule has 7 nitrogen and oxygen atoms in total. The van der Waals surface area contributed by atoms with E-state index in [1.165, 1.54) is 7.11 Å². The molecule has 0 aliphatic carbocycles. The minimum absolute atomic E-state index is 0.0864. The molecule has 160 valence electrons. The van der Waals surface area contributed by atoms with Crippen LogP contribution in [-0.4, -0.2) is 37.2 Å². The first-order valence-electron chi connectivity index (χ1n) is 9.80. The number of hydrogen-bond acceptors (Lipinski definition) is 5. The van der Waals surface area contributed by atoms with Crippen molar-refractivity contribution in [3.8, 4) is 0 Å². The van der Waals surface area contributed by atoms with E-state index in [0.29, 0.717) is 0 Å². The summed E-state index contributed by atoms with van der Waals surface area (Å²) in [5.41, 5.74) is 1.70. The topological polar surface area (TPSA) is 93.7 Å². The number of hydrogen-bond donors (Lipinski definition) is 2. The molecule has 0 heterocycles. The smallest absolute Gasteiger partial charge is 0.408 e. The van der Waals surface area contributed by atoms with Crippen LogP contribution in [0, 0.1) is 5.92 Å². The molecular weight excluding hydrogens is 384 g/mol. The largest absolute Gasteiger partial charge is 0.467 e. The van der Waals surface area contributed by atoms with E-state index in [4.69, 9.17) is 9.47 Å². The van der Waals surface area contributed by atoms with Gasteiger partial charge < -0.3 is 20.1 Å². The van der Waals surface area contributed by atoms with Crippen LogP contribution in [0.3, 0.4) is 0 Å². The average molecular weight is 412 g/mol. The molecule has 0 bridgehead atoms. The first kappa shape index (κ1) is 22.9. The maximum atomic E-state index is 12.9. The first-order valence-corrected chi connectivity index (χ1v) is 9.80. The van der Waals surface area contributed by atoms with Crippen LogP contribution in [0.4, 0.5) is 4.79 Å². The molecule has 0 aromatic heterocycles. The molecule has 2 N–H and O–H groups in total. The third kappa shape index (κ3) is 7.24. The molecule has 2 amide bonds. The lowest BCUT2D eigenvalue weighted by molar-refractivity contribution is -0.146. The van der Waals surface area contributed by atoms with Crippen molar-refractivity contribution in [2.24, 2.45) is 5.92 Å². The van der Waals surface area contributed by atoms with Gasteiger partial charge in [0.2, 0.25) is 5.91 Å². The van der Waals surface area contributed by atoms with Gasteiger partial charge >= 0.3 is 12.1 Å². The summed E-state index contributed by atoms with van der Waals surface area (Å²) in [5, 5.41) is 5.29. The highest BCUT2D eigenvalue weighted by Crippen LogP contribution is 2.08. The quantitative estimate of drug-likeness (QED) is 0.618. The number of carbonyl (C=O) groups is 3. The number of methoxy groups -OCH3 is 1. The second kappa shape index (κ2) is 11.6. The minimum Gasteiger partial charge on any atom is -0.467 e. The van der Waals surface area contributed by atoms with Crippen molar-refractivity contribution >= 4 is 18.0 Å². The molecule has 2 aromatic rings. The Balaban J connectivity index is 2.08. The Bertz CT molecular complexity index is 824. The van der Waals surface area contributed by atoms with E-state index in [1.54, 1.807) is 13.8 Å². The average Bonchev–Trinajstić information content (AvgIpc) is 2.76. The molecule has 2 aromatic carbocycles. The summed E-state index contributed by atoms with van der Waals surface area (Å²) in [6, 6.07) is 16.8. The fraction of sp³-hybridized carbons (Fsp3) is 0.348. The van der Waals surface area contributed by atoms with Gasteiger partial charge in [0, 0.05) is 6.42 Å². The highest BCUT2D eigenvalue weighted by molar-refractivity contribution is 5.90. The monoisotopic (exact) mass is 412 g/mol. The molecule has 30 heavy (non-hydrogen) atoms. The van der Waals surface area contributed by atoms with E-state index in [0.717, 1.165) is 11.1 Å². The van der Waals surface area contributed by atoms with Crippen molar-refractivity contribution in [2.45, 2.75) is 39.0 Å². The third-order valence-electron chi connectivity index (χ3n) is 4.52. The van der Waals surface area contributed by atoms with Gasteiger partial charge in [-0.2, -0.15) is 0 Å². The second-order valence-electron chi connectivity index (χ2n) is 7.20. The molecule has 0 spiro atoms. The molecule has 0 fully saturated rings. The van der Waals surface area contributed by atoms with Crippen LogP contribution in [-0.2, 0) is 32.1 Å². The highest BCUT2D eigenvalue weighted by Gasteiger charge is 2.29. The zero-order valence-corrected chi connectivity index (χ0v) is 17.5. The third-order valence-corrected chi connectivity index (χ3v) is 4.52. The number of nitrogens with one attached hydrogen (secondary N) is 2. The van der Waals surface area contributed by atoms with Crippen LogP contribution in [0.15, 0.2) is 60.7 Å². The zero-order valence-electron chi connectivity index (χ0n) is 17.5. The Morgan fingerprint density at radius 2 is 1.43 bits per heavy atom. The Labute approximate surface area is 176 Å². The van der Waals surface area contributed by atoms with E-state index >= 15 is 0 Å². The fourth-order valence-corrected chi connectivity index (χ4v) is 2.84. The summed E-state index contributed by atoms with van der Waals surface area (Å²) < 4.78 is 10.0. The number of amides is 2. The molecule has 0 radical (unpaired) electrons. The molecular formula is C23H28N2O5. The normalized spacial score (nSPS) is 12.5. The fourth-order valence-electron chi connectivity index (χ4n) is 2.84. The Kier molecular flexibility index (Phi) is 8.87. The molecule has 2 atom stereocenters. The number of ether oxygens (including phenoxy) is 2. The van der Waals surface area contributed by atoms with E-state index in [1.807, 2.05) is 60.7 Å². The Morgan fingerprint density at radius 1 is 0.867 bits per heavy atom. The van der Waals surface area contributed by atoms with Crippen LogP contribution in [0.5, 0.6) is 0 Å². The molecule has 0 unspecified atom stereocenters. The van der Waals surface area contributed by atoms with E-state index < -0.39 is 30.1 Å². The maximum absolute atomic E-state index is 12.9. The van der Waals surface area contributed by atoms with Crippen molar-refractivity contribution in [3.63, 3.8) is 0 Å². The van der Waals surface area contributed by atoms with Gasteiger partial charge in [-0.3, -0.25) is 4.79 Å². The van der Waals surface area contributed by atoms with E-state index in [9.17, 15) is 14.4 Å². The summed E-state index contributed by atoms with van der Waals surface area (Å²) in [6.45, 7) is 3.69. The molecule has 2 rings (SSSR count). The summed E-state index contributed by atoms with van der Waals surface area (Å²) in [5.74, 6) is -1.20. The van der Waals surface area contributed by atoms with Crippen LogP contribution in [0.1, 0.15) is 25.0 Å². The van der Waals surface area contributed by atoms with Crippen LogP contribution in [0.2, 0.25) is 0 Å². The molecule has 0 saturated carbocycles. The van der Waals surface area contributed by atoms with Crippen molar-refractivity contribution in [2.75, 3.05) is 7.11 Å². The number of benzene rings is 2. The van der Waals surface area contributed by atoms with Gasteiger partial charge in [-0.15, -0.1) is 0 Å². The van der Waals surface area contributed by atoms with Gasteiger partial charge in [-0.05, 0) is 17.0 Å². The molecule has 7 heteroatoms. The summed E-state index contributed by atoms with van der Waals surface area (Å²) in [7, 11) is 1.27. The standard InChI is InChI=1S/C23H28N2O5/c1-16(2)20(22(27)29-3)25-21(26)19(14-17-10-6-4-7-11-17)24-23(28)30-15-18-12-8-5-9-13-18/h4-13,16,19-20H,14-15H2,1-3H3,(H,24,28)(H,25,26)/t19-,20+/m1/s1. The number of esters is 1. The highest BCUT2D eigenvalue weighted by atomic mass is 16.5. The van der Waals surface area contributed by atoms with Gasteiger partial charge in [-0.25, -0.2) is 9.59 Å². The molecule has 0 aliphatic rings. The maximum Gasteiger partial charge on any atom is 0.408 e. The van der Waals surface area contributed by atoms with Crippen LogP contribution < -0.4 is 10.6 Å². The van der Waals surface area contributed by atoms with Crippen molar-refractivity contribution < 1.29 is 23.9 Å². The lowest BCUT2D eigenvalue weighted by Gasteiger charge is -2.24. The summed E-state index contributed by atoms with van der Waals surface area (Å²) in [4.78, 5) is 37.2. The molecule has 0 saturated heterocycles. The predicted octanol–water partition coefficient (Wildman–Crippen LogP) is 2.84. The second-order valence-corrected chi connectivity index (χ2v) is 7.20. The summed E-state index contributed by atoms with van der Waals surface area (Å²) >= 11 is 0. The first-order chi connectivity index (χ1) is 14.4. The van der Waals surface area contributed by atoms with E-state index in [2.05, 4.69) is 10.6 Å². The summed E-state index contributed by atoms with van der Waals surface area (Å²) in [6.07, 6.45) is -0.465. The molecule has 0 aliphatic heterocycles. The van der Waals surface area contributed by atoms with Crippen molar-refractivity contribution in [1.29, 1.82) is 0 Å². The Morgan fingerprint density at radius 3 is 1.97 bits per heavy atom. The lowest BCUT2D eigenvalue weighted by Crippen LogP contribution is -2.54. The van der Waals surface area contributed by atoms with Crippen molar-refractivity contribution in [3.05, 3.63) is 71.8 Å². The van der Waals surface area contributed by atoms with Gasteiger partial charge in [-0.1, -0.05) is 74.5 Å². The number of rotatable bonds is 9.